The maximum atomic E-state index is 13.1. The number of amides is 1. The van der Waals surface area contributed by atoms with E-state index >= 15 is 0 Å². The number of carboxylic acids is 1. The number of carbonyl (C=O) groups is 2. The van der Waals surface area contributed by atoms with Crippen LogP contribution >= 0.6 is 11.3 Å². The zero-order chi connectivity index (χ0) is 19.2. The number of nitrogens with one attached hydrogen (secondary N) is 1. The number of carboxylic acid groups (broad SMARTS) is 1. The number of rotatable bonds is 4. The zero-order valence-electron chi connectivity index (χ0n) is 13.5. The third-order valence-electron chi connectivity index (χ3n) is 3.41. The molecule has 1 aromatic carbocycles. The van der Waals surface area contributed by atoms with Crippen molar-refractivity contribution in [3.05, 3.63) is 29.5 Å². The molecule has 136 valence electrons. The molecular weight excluding hydrogens is 382 g/mol. The van der Waals surface area contributed by atoms with E-state index in [-0.39, 0.29) is 43.5 Å². The van der Waals surface area contributed by atoms with E-state index in [0.717, 1.165) is 15.3 Å². The maximum absolute atomic E-state index is 13.1. The number of aryl methyl sites for hydroxylation is 1. The molecule has 3 aromatic rings. The highest BCUT2D eigenvalue weighted by Crippen LogP contribution is 2.33. The Morgan fingerprint density at radius 1 is 1.31 bits per heavy atom. The van der Waals surface area contributed by atoms with Crippen LogP contribution in [0.1, 0.15) is 23.0 Å². The highest BCUT2D eigenvalue weighted by Gasteiger charge is 2.29. The Kier molecular flexibility index (Phi) is 4.16. The summed E-state index contributed by atoms with van der Waals surface area (Å²) in [7, 11) is -4.20. The molecule has 0 spiro atoms. The number of benzene rings is 1. The summed E-state index contributed by atoms with van der Waals surface area (Å²) in [6.07, 6.45) is 0. The van der Waals surface area contributed by atoms with Crippen molar-refractivity contribution in [2.24, 2.45) is 0 Å². The third-order valence-corrected chi connectivity index (χ3v) is 6.79. The van der Waals surface area contributed by atoms with Crippen molar-refractivity contribution >= 4 is 55.3 Å². The fourth-order valence-corrected chi connectivity index (χ4v) is 5.34. The topological polar surface area (TPSA) is 157 Å². The molecule has 0 aliphatic heterocycles. The van der Waals surface area contributed by atoms with Crippen molar-refractivity contribution in [2.75, 3.05) is 11.1 Å². The van der Waals surface area contributed by atoms with Gasteiger partial charge in [0.05, 0.1) is 16.8 Å². The van der Waals surface area contributed by atoms with Crippen LogP contribution in [0, 0.1) is 6.92 Å². The normalized spacial score (nSPS) is 11.6. The number of carbonyl (C=O) groups excluding carboxylic acids is 1. The van der Waals surface area contributed by atoms with E-state index in [1.54, 1.807) is 0 Å². The minimum Gasteiger partial charge on any atom is -0.478 e. The SMILES string of the molecule is CC(=O)Nc1nc(C)c(S(=O)(=O)n2c(N)nc3c(C(=O)O)cccc32)s1. The number of hydrogen-bond donors (Lipinski definition) is 3. The van der Waals surface area contributed by atoms with Gasteiger partial charge < -0.3 is 16.2 Å². The lowest BCUT2D eigenvalue weighted by atomic mass is 10.2. The second-order valence-electron chi connectivity index (χ2n) is 5.29. The lowest BCUT2D eigenvalue weighted by molar-refractivity contribution is -0.114. The van der Waals surface area contributed by atoms with Crippen molar-refractivity contribution in [3.8, 4) is 0 Å². The van der Waals surface area contributed by atoms with Gasteiger partial charge in [-0.1, -0.05) is 17.4 Å². The smallest absolute Gasteiger partial charge is 0.337 e. The number of para-hydroxylation sites is 1. The number of hydrogen-bond acceptors (Lipinski definition) is 8. The molecule has 2 aromatic heterocycles. The van der Waals surface area contributed by atoms with Crippen LogP contribution in [0.25, 0.3) is 11.0 Å². The first kappa shape index (κ1) is 17.8. The van der Waals surface area contributed by atoms with Gasteiger partial charge in [-0.15, -0.1) is 0 Å². The van der Waals surface area contributed by atoms with Crippen molar-refractivity contribution < 1.29 is 23.1 Å². The molecule has 4 N–H and O–H groups in total. The van der Waals surface area contributed by atoms with Gasteiger partial charge in [-0.2, -0.15) is 8.42 Å². The van der Waals surface area contributed by atoms with Gasteiger partial charge in [-0.3, -0.25) is 4.79 Å². The summed E-state index contributed by atoms with van der Waals surface area (Å²) in [5, 5.41) is 11.8. The summed E-state index contributed by atoms with van der Waals surface area (Å²) in [5.41, 5.74) is 5.79. The number of nitrogen functional groups attached to an aromatic ring is 1. The van der Waals surface area contributed by atoms with Gasteiger partial charge in [-0.05, 0) is 19.1 Å². The molecule has 26 heavy (non-hydrogen) atoms. The van der Waals surface area contributed by atoms with E-state index in [9.17, 15) is 23.1 Å². The van der Waals surface area contributed by atoms with Crippen LogP contribution in [0.2, 0.25) is 0 Å². The van der Waals surface area contributed by atoms with Crippen LogP contribution in [0.15, 0.2) is 22.4 Å². The number of imidazole rings is 1. The molecule has 0 bridgehead atoms. The first-order valence-electron chi connectivity index (χ1n) is 7.13. The molecule has 0 saturated heterocycles. The first-order valence-corrected chi connectivity index (χ1v) is 9.39. The van der Waals surface area contributed by atoms with Crippen LogP contribution in [0.4, 0.5) is 11.1 Å². The molecule has 10 nitrogen and oxygen atoms in total. The van der Waals surface area contributed by atoms with Crippen LogP contribution in [0.3, 0.4) is 0 Å². The van der Waals surface area contributed by atoms with Crippen LogP contribution in [0.5, 0.6) is 0 Å². The molecule has 0 atom stereocenters. The molecule has 0 fully saturated rings. The quantitative estimate of drug-likeness (QED) is 0.596. The van der Waals surface area contributed by atoms with Gasteiger partial charge in [0.25, 0.3) is 10.0 Å². The second-order valence-corrected chi connectivity index (χ2v) is 8.27. The van der Waals surface area contributed by atoms with E-state index in [1.165, 1.54) is 32.0 Å². The Morgan fingerprint density at radius 3 is 2.62 bits per heavy atom. The lowest BCUT2D eigenvalue weighted by Gasteiger charge is -2.07. The minimum atomic E-state index is -4.20. The van der Waals surface area contributed by atoms with Crippen molar-refractivity contribution in [3.63, 3.8) is 0 Å². The Hall–Kier alpha value is -2.99. The van der Waals surface area contributed by atoms with Gasteiger partial charge in [0.15, 0.2) is 9.34 Å². The first-order chi connectivity index (χ1) is 12.1. The predicted molar refractivity (Wildman–Crippen MR) is 94.8 cm³/mol. The Balaban J connectivity index is 2.25. The molecular formula is C14H13N5O5S2. The third kappa shape index (κ3) is 2.78. The summed E-state index contributed by atoms with van der Waals surface area (Å²) >= 11 is 0.769. The molecule has 12 heteroatoms. The van der Waals surface area contributed by atoms with Crippen molar-refractivity contribution in [1.82, 2.24) is 13.9 Å². The van der Waals surface area contributed by atoms with Crippen molar-refractivity contribution in [1.29, 1.82) is 0 Å². The van der Waals surface area contributed by atoms with E-state index in [4.69, 9.17) is 5.73 Å². The standard InChI is InChI=1S/C14H13N5O5S2/c1-6-12(25-14(16-6)17-7(2)20)26(23,24)19-9-5-3-4-8(11(21)22)10(9)18-13(19)15/h3-5H,1-2H3,(H2,15,18)(H,21,22)(H,16,17,20). The van der Waals surface area contributed by atoms with Crippen LogP contribution in [-0.2, 0) is 14.8 Å². The van der Waals surface area contributed by atoms with Gasteiger partial charge in [0.1, 0.15) is 5.52 Å². The molecule has 0 aliphatic carbocycles. The fourth-order valence-electron chi connectivity index (χ4n) is 2.43. The molecule has 0 radical (unpaired) electrons. The maximum Gasteiger partial charge on any atom is 0.337 e. The number of nitrogens with two attached hydrogens (primary N) is 1. The highest BCUT2D eigenvalue weighted by atomic mass is 32.2. The van der Waals surface area contributed by atoms with E-state index in [1.807, 2.05) is 0 Å². The molecule has 1 amide bonds. The molecule has 2 heterocycles. The molecule has 0 unspecified atom stereocenters. The average molecular weight is 395 g/mol. The van der Waals surface area contributed by atoms with Crippen molar-refractivity contribution in [2.45, 2.75) is 18.1 Å². The van der Waals surface area contributed by atoms with Crippen LogP contribution in [-0.4, -0.2) is 39.3 Å². The molecule has 0 saturated carbocycles. The van der Waals surface area contributed by atoms with E-state index in [2.05, 4.69) is 15.3 Å². The molecule has 3 rings (SSSR count). The number of anilines is 2. The largest absolute Gasteiger partial charge is 0.478 e. The zero-order valence-corrected chi connectivity index (χ0v) is 15.2. The lowest BCUT2D eigenvalue weighted by Crippen LogP contribution is -2.15. The minimum absolute atomic E-state index is 0.0367. The van der Waals surface area contributed by atoms with Crippen LogP contribution < -0.4 is 11.1 Å². The summed E-state index contributed by atoms with van der Waals surface area (Å²) < 4.78 is 26.8. The Bertz CT molecular complexity index is 1160. The Morgan fingerprint density at radius 2 is 2.00 bits per heavy atom. The predicted octanol–water partition coefficient (Wildman–Crippen LogP) is 1.28. The van der Waals surface area contributed by atoms with E-state index < -0.39 is 16.0 Å². The fraction of sp³-hybridized carbons (Fsp3) is 0.143. The van der Waals surface area contributed by atoms with Gasteiger partial charge in [0, 0.05) is 6.92 Å². The molecule has 0 aliphatic rings. The summed E-state index contributed by atoms with van der Waals surface area (Å²) in [6.45, 7) is 2.76. The van der Waals surface area contributed by atoms with Gasteiger partial charge >= 0.3 is 5.97 Å². The highest BCUT2D eigenvalue weighted by molar-refractivity contribution is 7.92. The number of aromatic nitrogens is 3. The summed E-state index contributed by atoms with van der Waals surface area (Å²) in [6, 6.07) is 4.12. The van der Waals surface area contributed by atoms with Gasteiger partial charge in [0.2, 0.25) is 11.9 Å². The summed E-state index contributed by atoms with van der Waals surface area (Å²) in [5.74, 6) is -2.01. The monoisotopic (exact) mass is 395 g/mol. The van der Waals surface area contributed by atoms with E-state index in [0.29, 0.717) is 0 Å². The average Bonchev–Trinajstić information content (AvgIpc) is 3.05. The van der Waals surface area contributed by atoms with Gasteiger partial charge in [-0.25, -0.2) is 18.7 Å². The number of fused-ring (bicyclic) bond motifs is 1. The number of thiazole rings is 1. The summed E-state index contributed by atoms with van der Waals surface area (Å²) in [4.78, 5) is 30.4. The number of aromatic carboxylic acids is 1. The number of nitrogens with zero attached hydrogens (tertiary/aromatic N) is 3. The second kappa shape index (κ2) is 6.07. The Labute approximate surface area is 151 Å².